The van der Waals surface area contributed by atoms with E-state index in [0.29, 0.717) is 43.2 Å². The number of halogens is 1. The zero-order valence-corrected chi connectivity index (χ0v) is 21.3. The lowest BCUT2D eigenvalue weighted by molar-refractivity contribution is -0.121. The van der Waals surface area contributed by atoms with Gasteiger partial charge in [-0.25, -0.2) is 8.42 Å². The molecule has 34 heavy (non-hydrogen) atoms. The molecule has 8 nitrogen and oxygen atoms in total. The highest BCUT2D eigenvalue weighted by Crippen LogP contribution is 2.36. The number of carbonyl (C=O) groups excluding carboxylic acids is 2. The number of sulfone groups is 1. The molecule has 0 bridgehead atoms. The van der Waals surface area contributed by atoms with Crippen LogP contribution in [0.4, 0.5) is 5.82 Å². The Kier molecular flexibility index (Phi) is 9.13. The predicted molar refractivity (Wildman–Crippen MR) is 133 cm³/mol. The van der Waals surface area contributed by atoms with Crippen LogP contribution < -0.4 is 10.6 Å². The van der Waals surface area contributed by atoms with Crippen LogP contribution >= 0.6 is 11.6 Å². The maximum Gasteiger partial charge on any atom is 0.233 e. The number of hydrogen-bond acceptors (Lipinski definition) is 5. The van der Waals surface area contributed by atoms with Gasteiger partial charge >= 0.3 is 0 Å². The van der Waals surface area contributed by atoms with Crippen LogP contribution in [0.3, 0.4) is 0 Å². The standard InChI is InChI=1S/C24H33ClN4O4S/c1-3-12-26-23(30)11-14-29-13-10-22(28-29)27-24(31)19(15-17-6-4-5-7-17)18-8-9-21(20(25)16-18)34(2,32)33/h8-10,13,16-17,19H,3-7,11-12,14-15H2,1-2H3,(H,26,30)(H,27,28,31). The summed E-state index contributed by atoms with van der Waals surface area (Å²) in [5.74, 6) is 0.131. The van der Waals surface area contributed by atoms with Crippen molar-refractivity contribution in [2.24, 2.45) is 5.92 Å². The molecule has 1 unspecified atom stereocenters. The van der Waals surface area contributed by atoms with E-state index in [1.165, 1.54) is 6.07 Å². The van der Waals surface area contributed by atoms with E-state index in [0.717, 1.165) is 38.4 Å². The topological polar surface area (TPSA) is 110 Å². The second kappa shape index (κ2) is 11.8. The number of amides is 2. The van der Waals surface area contributed by atoms with E-state index in [-0.39, 0.29) is 21.7 Å². The minimum absolute atomic E-state index is 0.0333. The van der Waals surface area contributed by atoms with Gasteiger partial charge in [-0.1, -0.05) is 50.3 Å². The molecule has 1 aliphatic rings. The third kappa shape index (κ3) is 7.30. The van der Waals surface area contributed by atoms with Gasteiger partial charge in [-0.2, -0.15) is 5.10 Å². The minimum atomic E-state index is -3.46. The van der Waals surface area contributed by atoms with Gasteiger partial charge < -0.3 is 10.6 Å². The van der Waals surface area contributed by atoms with Crippen molar-refractivity contribution in [1.82, 2.24) is 15.1 Å². The summed E-state index contributed by atoms with van der Waals surface area (Å²) in [5.41, 5.74) is 0.689. The lowest BCUT2D eigenvalue weighted by Gasteiger charge is -2.21. The van der Waals surface area contributed by atoms with E-state index in [1.54, 1.807) is 29.1 Å². The van der Waals surface area contributed by atoms with Crippen LogP contribution in [0.5, 0.6) is 0 Å². The Bertz CT molecular complexity index is 1110. The molecule has 0 saturated heterocycles. The summed E-state index contributed by atoms with van der Waals surface area (Å²) < 4.78 is 25.5. The first-order valence-corrected chi connectivity index (χ1v) is 14.0. The Morgan fingerprint density at radius 2 is 1.97 bits per heavy atom. The largest absolute Gasteiger partial charge is 0.356 e. The molecule has 2 amide bonds. The summed E-state index contributed by atoms with van der Waals surface area (Å²) in [6.07, 6.45) is 9.16. The fourth-order valence-corrected chi connectivity index (χ4v) is 5.68. The van der Waals surface area contributed by atoms with Crippen LogP contribution in [-0.2, 0) is 26.0 Å². The number of benzene rings is 1. The minimum Gasteiger partial charge on any atom is -0.356 e. The molecule has 1 aromatic carbocycles. The number of aromatic nitrogens is 2. The van der Waals surface area contributed by atoms with Gasteiger partial charge in [-0.15, -0.1) is 0 Å². The molecule has 3 rings (SSSR count). The molecule has 0 radical (unpaired) electrons. The van der Waals surface area contributed by atoms with Crippen LogP contribution in [0, 0.1) is 5.92 Å². The normalized spacial score (nSPS) is 15.3. The predicted octanol–water partition coefficient (Wildman–Crippen LogP) is 4.16. The first-order chi connectivity index (χ1) is 16.2. The molecule has 10 heteroatoms. The van der Waals surface area contributed by atoms with E-state index in [1.807, 2.05) is 6.92 Å². The lowest BCUT2D eigenvalue weighted by Crippen LogP contribution is -2.25. The lowest BCUT2D eigenvalue weighted by atomic mass is 9.87. The average Bonchev–Trinajstić information content (AvgIpc) is 3.45. The molecule has 1 heterocycles. The number of hydrogen-bond donors (Lipinski definition) is 2. The maximum absolute atomic E-state index is 13.3. The fourth-order valence-electron chi connectivity index (χ4n) is 4.34. The Hall–Kier alpha value is -2.39. The molecule has 0 spiro atoms. The highest BCUT2D eigenvalue weighted by molar-refractivity contribution is 7.90. The van der Waals surface area contributed by atoms with Crippen molar-refractivity contribution in [3.63, 3.8) is 0 Å². The van der Waals surface area contributed by atoms with E-state index in [2.05, 4.69) is 15.7 Å². The SMILES string of the molecule is CCCNC(=O)CCn1ccc(NC(=O)C(CC2CCCC2)c2ccc(S(C)(=O)=O)c(Cl)c2)n1. The summed E-state index contributed by atoms with van der Waals surface area (Å²) in [4.78, 5) is 25.2. The second-order valence-electron chi connectivity index (χ2n) is 8.95. The smallest absolute Gasteiger partial charge is 0.233 e. The van der Waals surface area contributed by atoms with Crippen molar-refractivity contribution in [1.29, 1.82) is 0 Å². The molecular weight excluding hydrogens is 476 g/mol. The van der Waals surface area contributed by atoms with Crippen molar-refractivity contribution >= 4 is 39.1 Å². The Morgan fingerprint density at radius 1 is 1.24 bits per heavy atom. The summed E-state index contributed by atoms with van der Waals surface area (Å²) in [7, 11) is -3.46. The van der Waals surface area contributed by atoms with Gasteiger partial charge in [0, 0.05) is 38.0 Å². The zero-order chi connectivity index (χ0) is 24.7. The van der Waals surface area contributed by atoms with Crippen molar-refractivity contribution in [3.8, 4) is 0 Å². The van der Waals surface area contributed by atoms with Gasteiger partial charge in [-0.3, -0.25) is 14.3 Å². The Labute approximate surface area is 206 Å². The highest BCUT2D eigenvalue weighted by Gasteiger charge is 2.28. The fraction of sp³-hybridized carbons (Fsp3) is 0.542. The van der Waals surface area contributed by atoms with Crippen molar-refractivity contribution in [2.75, 3.05) is 18.1 Å². The zero-order valence-electron chi connectivity index (χ0n) is 19.7. The van der Waals surface area contributed by atoms with Crippen molar-refractivity contribution in [2.45, 2.75) is 69.2 Å². The molecule has 2 N–H and O–H groups in total. The summed E-state index contributed by atoms with van der Waals surface area (Å²) >= 11 is 6.28. The molecule has 186 valence electrons. The first kappa shape index (κ1) is 26.2. The van der Waals surface area contributed by atoms with Gasteiger partial charge in [0.15, 0.2) is 15.7 Å². The monoisotopic (exact) mass is 508 g/mol. The molecule has 0 aliphatic heterocycles. The van der Waals surface area contributed by atoms with Gasteiger partial charge in [0.05, 0.1) is 15.8 Å². The Morgan fingerprint density at radius 3 is 2.62 bits per heavy atom. The van der Waals surface area contributed by atoms with Crippen LogP contribution in [0.15, 0.2) is 35.4 Å². The summed E-state index contributed by atoms with van der Waals surface area (Å²) in [5, 5.41) is 10.2. The van der Waals surface area contributed by atoms with E-state index >= 15 is 0 Å². The highest BCUT2D eigenvalue weighted by atomic mass is 35.5. The number of aryl methyl sites for hydroxylation is 1. The van der Waals surface area contributed by atoms with Gasteiger partial charge in [0.2, 0.25) is 11.8 Å². The van der Waals surface area contributed by atoms with Crippen LogP contribution in [0.25, 0.3) is 0 Å². The van der Waals surface area contributed by atoms with E-state index < -0.39 is 15.8 Å². The number of nitrogens with zero attached hydrogens (tertiary/aromatic N) is 2. The Balaban J connectivity index is 1.72. The molecule has 2 aromatic rings. The molecular formula is C24H33ClN4O4S. The quantitative estimate of drug-likeness (QED) is 0.473. The van der Waals surface area contributed by atoms with Gasteiger partial charge in [0.25, 0.3) is 0 Å². The molecule has 1 aliphatic carbocycles. The van der Waals surface area contributed by atoms with Gasteiger partial charge in [0.1, 0.15) is 0 Å². The molecule has 1 saturated carbocycles. The third-order valence-electron chi connectivity index (χ3n) is 6.15. The second-order valence-corrected chi connectivity index (χ2v) is 11.3. The average molecular weight is 509 g/mol. The van der Waals surface area contributed by atoms with E-state index in [4.69, 9.17) is 11.6 Å². The van der Waals surface area contributed by atoms with Crippen molar-refractivity contribution < 1.29 is 18.0 Å². The number of rotatable bonds is 11. The summed E-state index contributed by atoms with van der Waals surface area (Å²) in [6, 6.07) is 6.44. The maximum atomic E-state index is 13.3. The van der Waals surface area contributed by atoms with Crippen LogP contribution in [-0.4, -0.2) is 42.8 Å². The van der Waals surface area contributed by atoms with Gasteiger partial charge in [-0.05, 0) is 36.5 Å². The van der Waals surface area contributed by atoms with E-state index in [9.17, 15) is 18.0 Å². The molecule has 1 aromatic heterocycles. The summed E-state index contributed by atoms with van der Waals surface area (Å²) in [6.45, 7) is 3.06. The number of carbonyl (C=O) groups is 2. The van der Waals surface area contributed by atoms with Crippen molar-refractivity contribution in [3.05, 3.63) is 41.0 Å². The van der Waals surface area contributed by atoms with Crippen LogP contribution in [0.1, 0.15) is 63.4 Å². The molecule has 1 fully saturated rings. The number of nitrogens with one attached hydrogen (secondary N) is 2. The third-order valence-corrected chi connectivity index (χ3v) is 7.73. The molecule has 1 atom stereocenters. The van der Waals surface area contributed by atoms with Crippen LogP contribution in [0.2, 0.25) is 5.02 Å². The number of anilines is 1. The first-order valence-electron chi connectivity index (χ1n) is 11.8.